The second-order valence-corrected chi connectivity index (χ2v) is 11.0. The summed E-state index contributed by atoms with van der Waals surface area (Å²) in [7, 11) is 0. The van der Waals surface area contributed by atoms with Gasteiger partial charge in [0.2, 0.25) is 11.8 Å². The van der Waals surface area contributed by atoms with Gasteiger partial charge in [-0.3, -0.25) is 9.59 Å². The normalized spacial score (nSPS) is 15.4. The van der Waals surface area contributed by atoms with Crippen LogP contribution in [0, 0.1) is 11.3 Å². The van der Waals surface area contributed by atoms with E-state index >= 15 is 0 Å². The van der Waals surface area contributed by atoms with Gasteiger partial charge in [0.25, 0.3) is 5.91 Å². The Bertz CT molecular complexity index is 1230. The summed E-state index contributed by atoms with van der Waals surface area (Å²) in [6, 6.07) is 15.9. The van der Waals surface area contributed by atoms with Crippen LogP contribution in [-0.4, -0.2) is 34.8 Å². The van der Waals surface area contributed by atoms with Crippen molar-refractivity contribution in [3.8, 4) is 5.75 Å². The summed E-state index contributed by atoms with van der Waals surface area (Å²) in [5.41, 5.74) is 3.09. The Labute approximate surface area is 219 Å². The molecule has 1 aromatic heterocycles. The Kier molecular flexibility index (Phi) is 8.00. The molecule has 3 aromatic rings. The summed E-state index contributed by atoms with van der Waals surface area (Å²) < 4.78 is 11.5. The summed E-state index contributed by atoms with van der Waals surface area (Å²) in [6.45, 7) is 11.5. The molecule has 7 heteroatoms. The molecule has 0 saturated carbocycles. The molecule has 1 aliphatic rings. The molecule has 0 aliphatic carbocycles. The van der Waals surface area contributed by atoms with Crippen molar-refractivity contribution in [3.63, 3.8) is 0 Å². The van der Waals surface area contributed by atoms with Crippen LogP contribution in [-0.2, 0) is 17.8 Å². The number of ether oxygens (including phenoxy) is 1. The zero-order valence-electron chi connectivity index (χ0n) is 22.4. The number of hydrogen-bond donors (Lipinski definition) is 1. The maximum atomic E-state index is 13.4. The number of carbonyl (C=O) groups is 2. The summed E-state index contributed by atoms with van der Waals surface area (Å²) in [5, 5.41) is 2.86. The lowest BCUT2D eigenvalue weighted by atomic mass is 9.85. The number of benzene rings is 2. The van der Waals surface area contributed by atoms with Crippen molar-refractivity contribution in [2.24, 2.45) is 11.3 Å². The summed E-state index contributed by atoms with van der Waals surface area (Å²) in [6.07, 6.45) is 3.05. The first-order valence-electron chi connectivity index (χ1n) is 13.0. The fraction of sp³-hybridized carbons (Fsp3) is 0.433. The van der Waals surface area contributed by atoms with Crippen LogP contribution in [0.15, 0.2) is 59.2 Å². The van der Waals surface area contributed by atoms with Crippen molar-refractivity contribution in [1.82, 2.24) is 15.2 Å². The number of carbonyl (C=O) groups excluding carboxylic acids is 2. The zero-order valence-corrected chi connectivity index (χ0v) is 22.4. The van der Waals surface area contributed by atoms with Crippen molar-refractivity contribution in [2.45, 2.75) is 60.1 Å². The van der Waals surface area contributed by atoms with Gasteiger partial charge in [0, 0.05) is 18.5 Å². The Morgan fingerprint density at radius 2 is 1.92 bits per heavy atom. The number of amides is 2. The number of aromatic nitrogens is 1. The van der Waals surface area contributed by atoms with E-state index in [9.17, 15) is 9.59 Å². The van der Waals surface area contributed by atoms with Gasteiger partial charge in [0.15, 0.2) is 12.3 Å². The largest absolute Gasteiger partial charge is 0.484 e. The molecule has 1 aliphatic heterocycles. The first-order chi connectivity index (χ1) is 17.6. The van der Waals surface area contributed by atoms with Crippen molar-refractivity contribution in [2.75, 3.05) is 13.1 Å². The number of nitrogens with zero attached hydrogens (tertiary/aromatic N) is 2. The highest BCUT2D eigenvalue weighted by molar-refractivity contribution is 5.91. The van der Waals surface area contributed by atoms with E-state index in [1.165, 1.54) is 11.8 Å². The average Bonchev–Trinajstić information content (AvgIpc) is 3.35. The lowest BCUT2D eigenvalue weighted by Gasteiger charge is -2.41. The van der Waals surface area contributed by atoms with Crippen molar-refractivity contribution in [3.05, 3.63) is 83.1 Å². The maximum Gasteiger partial charge on any atom is 0.273 e. The first kappa shape index (κ1) is 26.5. The summed E-state index contributed by atoms with van der Waals surface area (Å²) in [4.78, 5) is 32.0. The van der Waals surface area contributed by atoms with Crippen LogP contribution in [0.5, 0.6) is 5.75 Å². The molecule has 196 valence electrons. The van der Waals surface area contributed by atoms with Crippen LogP contribution in [0.4, 0.5) is 0 Å². The highest BCUT2D eigenvalue weighted by Gasteiger charge is 2.37. The number of oxazole rings is 1. The molecular weight excluding hydrogens is 466 g/mol. The highest BCUT2D eigenvalue weighted by atomic mass is 16.5. The van der Waals surface area contributed by atoms with Crippen molar-refractivity contribution in [1.29, 1.82) is 0 Å². The molecule has 2 amide bonds. The van der Waals surface area contributed by atoms with Gasteiger partial charge in [0.05, 0.1) is 6.04 Å². The molecule has 0 bridgehead atoms. The fourth-order valence-corrected chi connectivity index (χ4v) is 4.52. The Morgan fingerprint density at radius 1 is 1.16 bits per heavy atom. The van der Waals surface area contributed by atoms with E-state index in [0.29, 0.717) is 30.6 Å². The van der Waals surface area contributed by atoms with Gasteiger partial charge >= 0.3 is 0 Å². The van der Waals surface area contributed by atoms with Gasteiger partial charge < -0.3 is 19.4 Å². The molecule has 1 N–H and O–H groups in total. The standard InChI is InChI=1S/C30H37N3O4/c1-20(2)13-15-31-28(34)25-18-37-26(32-25)19-36-23-12-11-21-14-16-33(29(35)30(3,4)5)27(24(21)17-23)22-9-7-6-8-10-22/h6-12,17-18,20,27H,13-16,19H2,1-5H3,(H,31,34). The number of nitrogens with one attached hydrogen (secondary N) is 1. The molecule has 0 fully saturated rings. The highest BCUT2D eigenvalue weighted by Crippen LogP contribution is 2.39. The van der Waals surface area contributed by atoms with Crippen LogP contribution in [0.1, 0.15) is 80.2 Å². The minimum absolute atomic E-state index is 0.0959. The molecule has 1 atom stereocenters. The second-order valence-electron chi connectivity index (χ2n) is 11.0. The lowest BCUT2D eigenvalue weighted by molar-refractivity contribution is -0.141. The van der Waals surface area contributed by atoms with E-state index in [1.54, 1.807) is 0 Å². The minimum Gasteiger partial charge on any atom is -0.484 e. The van der Waals surface area contributed by atoms with Crippen LogP contribution >= 0.6 is 0 Å². The maximum absolute atomic E-state index is 13.4. The fourth-order valence-electron chi connectivity index (χ4n) is 4.52. The van der Waals surface area contributed by atoms with E-state index in [4.69, 9.17) is 9.15 Å². The van der Waals surface area contributed by atoms with E-state index in [2.05, 4.69) is 42.3 Å². The predicted molar refractivity (Wildman–Crippen MR) is 142 cm³/mol. The third-order valence-corrected chi connectivity index (χ3v) is 6.52. The van der Waals surface area contributed by atoms with E-state index in [-0.39, 0.29) is 30.2 Å². The molecule has 0 spiro atoms. The van der Waals surface area contributed by atoms with E-state index < -0.39 is 5.41 Å². The van der Waals surface area contributed by atoms with E-state index in [0.717, 1.165) is 24.0 Å². The lowest BCUT2D eigenvalue weighted by Crippen LogP contribution is -2.45. The first-order valence-corrected chi connectivity index (χ1v) is 13.0. The molecule has 2 heterocycles. The van der Waals surface area contributed by atoms with Crippen LogP contribution in [0.3, 0.4) is 0 Å². The Balaban J connectivity index is 1.52. The van der Waals surface area contributed by atoms with Gasteiger partial charge in [-0.2, -0.15) is 0 Å². The van der Waals surface area contributed by atoms with Gasteiger partial charge in [0.1, 0.15) is 12.0 Å². The third-order valence-electron chi connectivity index (χ3n) is 6.52. The number of fused-ring (bicyclic) bond motifs is 1. The SMILES string of the molecule is CC(C)CCNC(=O)c1coc(COc2ccc3c(c2)C(c2ccccc2)N(C(=O)C(C)(C)C)CC3)n1. The van der Waals surface area contributed by atoms with Gasteiger partial charge in [-0.1, -0.05) is 71.0 Å². The molecular formula is C30H37N3O4. The minimum atomic E-state index is -0.484. The quantitative estimate of drug-likeness (QED) is 0.436. The Hall–Kier alpha value is -3.61. The van der Waals surface area contributed by atoms with Gasteiger partial charge in [-0.05, 0) is 47.6 Å². The van der Waals surface area contributed by atoms with Crippen molar-refractivity contribution >= 4 is 11.8 Å². The molecule has 7 nitrogen and oxygen atoms in total. The van der Waals surface area contributed by atoms with Gasteiger partial charge in [-0.15, -0.1) is 0 Å². The third kappa shape index (κ3) is 6.40. The predicted octanol–water partition coefficient (Wildman–Crippen LogP) is 5.55. The van der Waals surface area contributed by atoms with Gasteiger partial charge in [-0.25, -0.2) is 4.98 Å². The summed E-state index contributed by atoms with van der Waals surface area (Å²) >= 11 is 0. The molecule has 37 heavy (non-hydrogen) atoms. The Morgan fingerprint density at radius 3 is 2.62 bits per heavy atom. The van der Waals surface area contributed by atoms with Crippen LogP contribution in [0.25, 0.3) is 0 Å². The molecule has 1 unspecified atom stereocenters. The van der Waals surface area contributed by atoms with Crippen molar-refractivity contribution < 1.29 is 18.7 Å². The second kappa shape index (κ2) is 11.2. The topological polar surface area (TPSA) is 84.7 Å². The molecule has 2 aromatic carbocycles. The monoisotopic (exact) mass is 503 g/mol. The van der Waals surface area contributed by atoms with E-state index in [1.807, 2.05) is 56.0 Å². The average molecular weight is 504 g/mol. The smallest absolute Gasteiger partial charge is 0.273 e. The zero-order chi connectivity index (χ0) is 26.6. The number of hydrogen-bond acceptors (Lipinski definition) is 5. The molecule has 0 radical (unpaired) electrons. The summed E-state index contributed by atoms with van der Waals surface area (Å²) in [5.74, 6) is 1.37. The molecule has 4 rings (SSSR count). The molecule has 0 saturated heterocycles. The van der Waals surface area contributed by atoms with Crippen LogP contribution in [0.2, 0.25) is 0 Å². The number of rotatable bonds is 8. The van der Waals surface area contributed by atoms with Crippen LogP contribution < -0.4 is 10.1 Å².